The first-order valence-corrected chi connectivity index (χ1v) is 7.38. The highest BCUT2D eigenvalue weighted by molar-refractivity contribution is 6.32. The molecular weight excluding hydrogens is 350 g/mol. The molecule has 9 heteroatoms. The van der Waals surface area contributed by atoms with Gasteiger partial charge in [-0.05, 0) is 12.1 Å². The molecule has 0 saturated heterocycles. The molecule has 0 bridgehead atoms. The van der Waals surface area contributed by atoms with Crippen molar-refractivity contribution in [1.29, 1.82) is 0 Å². The van der Waals surface area contributed by atoms with Crippen LogP contribution in [0.5, 0.6) is 5.75 Å². The number of benzene rings is 2. The molecule has 0 spiro atoms. The van der Waals surface area contributed by atoms with Crippen LogP contribution in [0.15, 0.2) is 47.3 Å². The van der Waals surface area contributed by atoms with Gasteiger partial charge in [0.15, 0.2) is 5.69 Å². The number of non-ortho nitro benzene ring substituents is 1. The minimum absolute atomic E-state index is 0.0444. The average molecular weight is 360 g/mol. The Morgan fingerprint density at radius 2 is 1.92 bits per heavy atom. The molecule has 0 aliphatic heterocycles. The number of carbonyl (C=O) groups excluding carboxylic acids is 1. The lowest BCUT2D eigenvalue weighted by molar-refractivity contribution is -0.384. The molecule has 1 heterocycles. The van der Waals surface area contributed by atoms with E-state index in [1.54, 1.807) is 24.3 Å². The molecule has 1 aromatic heterocycles. The van der Waals surface area contributed by atoms with Crippen molar-refractivity contribution in [3.05, 3.63) is 73.6 Å². The summed E-state index contributed by atoms with van der Waals surface area (Å²) in [4.78, 5) is 34.7. The molecule has 0 N–H and O–H groups in total. The van der Waals surface area contributed by atoms with Gasteiger partial charge in [0.2, 0.25) is 0 Å². The van der Waals surface area contributed by atoms with Crippen molar-refractivity contribution in [2.75, 3.05) is 0 Å². The van der Waals surface area contributed by atoms with Crippen molar-refractivity contribution in [3.8, 4) is 5.75 Å². The van der Waals surface area contributed by atoms with Crippen LogP contribution < -0.4 is 10.3 Å². The van der Waals surface area contributed by atoms with E-state index in [0.717, 1.165) is 10.7 Å². The Morgan fingerprint density at radius 1 is 1.24 bits per heavy atom. The van der Waals surface area contributed by atoms with Crippen LogP contribution in [0.3, 0.4) is 0 Å². The minimum Gasteiger partial charge on any atom is -0.420 e. The second kappa shape index (κ2) is 6.33. The van der Waals surface area contributed by atoms with Gasteiger partial charge < -0.3 is 4.74 Å². The number of hydrogen-bond donors (Lipinski definition) is 0. The standard InChI is InChI=1S/C16H10ClN3O5/c1-19-15(21)11-5-3-2-4-10(11)14(18-19)16(22)25-13-7-6-9(20(23)24)8-12(13)17/h2-8H,1H3. The van der Waals surface area contributed by atoms with E-state index in [1.165, 1.54) is 19.2 Å². The number of aryl methyl sites for hydroxylation is 1. The summed E-state index contributed by atoms with van der Waals surface area (Å²) < 4.78 is 6.24. The Balaban J connectivity index is 2.03. The largest absolute Gasteiger partial charge is 0.420 e. The molecule has 3 aromatic rings. The summed E-state index contributed by atoms with van der Waals surface area (Å²) in [5.74, 6) is -0.875. The number of nitro groups is 1. The molecule has 25 heavy (non-hydrogen) atoms. The summed E-state index contributed by atoms with van der Waals surface area (Å²) in [6, 6.07) is 9.97. The van der Waals surface area contributed by atoms with Crippen molar-refractivity contribution in [3.63, 3.8) is 0 Å². The summed E-state index contributed by atoms with van der Waals surface area (Å²) in [6.45, 7) is 0. The lowest BCUT2D eigenvalue weighted by Gasteiger charge is -2.09. The van der Waals surface area contributed by atoms with E-state index in [2.05, 4.69) is 5.10 Å². The number of esters is 1. The summed E-state index contributed by atoms with van der Waals surface area (Å²) >= 11 is 5.92. The molecule has 126 valence electrons. The summed E-state index contributed by atoms with van der Waals surface area (Å²) in [5, 5.41) is 15.2. The van der Waals surface area contributed by atoms with E-state index in [9.17, 15) is 19.7 Å². The normalized spacial score (nSPS) is 10.6. The maximum absolute atomic E-state index is 12.5. The van der Waals surface area contributed by atoms with Gasteiger partial charge in [-0.25, -0.2) is 9.48 Å². The Morgan fingerprint density at radius 3 is 2.56 bits per heavy atom. The molecule has 0 saturated carbocycles. The number of fused-ring (bicyclic) bond motifs is 1. The molecular formula is C16H10ClN3O5. The topological polar surface area (TPSA) is 104 Å². The first-order chi connectivity index (χ1) is 11.9. The number of nitro benzene ring substituents is 1. The number of carbonyl (C=O) groups is 1. The van der Waals surface area contributed by atoms with E-state index in [4.69, 9.17) is 16.3 Å². The predicted octanol–water partition coefficient (Wildman–Crippen LogP) is 2.71. The number of ether oxygens (including phenoxy) is 1. The van der Waals surface area contributed by atoms with Crippen LogP contribution >= 0.6 is 11.6 Å². The Kier molecular flexibility index (Phi) is 4.20. The molecule has 0 fully saturated rings. The van der Waals surface area contributed by atoms with E-state index in [0.29, 0.717) is 10.8 Å². The van der Waals surface area contributed by atoms with E-state index in [1.807, 2.05) is 0 Å². The first kappa shape index (κ1) is 16.6. The summed E-state index contributed by atoms with van der Waals surface area (Å²) in [6.07, 6.45) is 0. The molecule has 0 radical (unpaired) electrons. The third kappa shape index (κ3) is 3.07. The van der Waals surface area contributed by atoms with Crippen molar-refractivity contribution >= 4 is 34.0 Å². The SMILES string of the molecule is Cn1nc(C(=O)Oc2ccc([N+](=O)[O-])cc2Cl)c2ccccc2c1=O. The molecule has 8 nitrogen and oxygen atoms in total. The van der Waals surface area contributed by atoms with Crippen LogP contribution in [0.25, 0.3) is 10.8 Å². The van der Waals surface area contributed by atoms with Crippen LogP contribution in [-0.2, 0) is 7.05 Å². The van der Waals surface area contributed by atoms with Gasteiger partial charge in [0, 0.05) is 24.6 Å². The molecule has 2 aromatic carbocycles. The lowest BCUT2D eigenvalue weighted by atomic mass is 10.1. The monoisotopic (exact) mass is 359 g/mol. The van der Waals surface area contributed by atoms with Gasteiger partial charge in [-0.1, -0.05) is 29.8 Å². The van der Waals surface area contributed by atoms with Crippen molar-refractivity contribution in [2.45, 2.75) is 0 Å². The molecule has 0 aliphatic carbocycles. The van der Waals surface area contributed by atoms with Gasteiger partial charge in [0.25, 0.3) is 11.2 Å². The van der Waals surface area contributed by atoms with Gasteiger partial charge in [-0.15, -0.1) is 0 Å². The van der Waals surface area contributed by atoms with E-state index < -0.39 is 10.9 Å². The highest BCUT2D eigenvalue weighted by Crippen LogP contribution is 2.29. The Hall–Kier alpha value is -3.26. The van der Waals surface area contributed by atoms with Gasteiger partial charge in [-0.2, -0.15) is 5.10 Å². The molecule has 3 rings (SSSR count). The first-order valence-electron chi connectivity index (χ1n) is 7.00. The van der Waals surface area contributed by atoms with Gasteiger partial charge in [0.1, 0.15) is 5.75 Å². The zero-order valence-corrected chi connectivity index (χ0v) is 13.6. The van der Waals surface area contributed by atoms with Crippen molar-refractivity contribution in [1.82, 2.24) is 9.78 Å². The third-order valence-electron chi connectivity index (χ3n) is 3.48. The van der Waals surface area contributed by atoms with Crippen molar-refractivity contribution < 1.29 is 14.5 Å². The zero-order valence-electron chi connectivity index (χ0n) is 12.8. The fourth-order valence-electron chi connectivity index (χ4n) is 2.28. The van der Waals surface area contributed by atoms with Crippen LogP contribution in [-0.4, -0.2) is 20.7 Å². The van der Waals surface area contributed by atoms with E-state index in [-0.39, 0.29) is 27.7 Å². The average Bonchev–Trinajstić information content (AvgIpc) is 2.59. The number of nitrogens with zero attached hydrogens (tertiary/aromatic N) is 3. The number of halogens is 1. The maximum Gasteiger partial charge on any atom is 0.364 e. The Bertz CT molecular complexity index is 1080. The lowest BCUT2D eigenvalue weighted by Crippen LogP contribution is -2.24. The maximum atomic E-state index is 12.5. The highest BCUT2D eigenvalue weighted by Gasteiger charge is 2.19. The second-order valence-corrected chi connectivity index (χ2v) is 5.49. The smallest absolute Gasteiger partial charge is 0.364 e. The van der Waals surface area contributed by atoms with E-state index >= 15 is 0 Å². The predicted molar refractivity (Wildman–Crippen MR) is 90.0 cm³/mol. The fourth-order valence-corrected chi connectivity index (χ4v) is 2.50. The fraction of sp³-hybridized carbons (Fsp3) is 0.0625. The highest BCUT2D eigenvalue weighted by atomic mass is 35.5. The van der Waals surface area contributed by atoms with Crippen LogP contribution in [0, 0.1) is 10.1 Å². The Labute approximate surface area is 145 Å². The summed E-state index contributed by atoms with van der Waals surface area (Å²) in [5.41, 5.74) is -0.636. The minimum atomic E-state index is -0.831. The summed E-state index contributed by atoms with van der Waals surface area (Å²) in [7, 11) is 1.42. The van der Waals surface area contributed by atoms with Gasteiger partial charge >= 0.3 is 5.97 Å². The van der Waals surface area contributed by atoms with Gasteiger partial charge in [0.05, 0.1) is 15.3 Å². The van der Waals surface area contributed by atoms with Gasteiger partial charge in [-0.3, -0.25) is 14.9 Å². The van der Waals surface area contributed by atoms with Crippen LogP contribution in [0.4, 0.5) is 5.69 Å². The quantitative estimate of drug-likeness (QED) is 0.308. The second-order valence-electron chi connectivity index (χ2n) is 5.08. The molecule has 0 atom stereocenters. The molecule has 0 amide bonds. The van der Waals surface area contributed by atoms with Crippen molar-refractivity contribution in [2.24, 2.45) is 7.05 Å². The zero-order chi connectivity index (χ0) is 18.1. The number of rotatable bonds is 3. The third-order valence-corrected chi connectivity index (χ3v) is 3.77. The number of hydrogen-bond acceptors (Lipinski definition) is 6. The molecule has 0 unspecified atom stereocenters. The molecule has 0 aliphatic rings. The number of aromatic nitrogens is 2. The van der Waals surface area contributed by atoms with Crippen LogP contribution in [0.2, 0.25) is 5.02 Å². The van der Waals surface area contributed by atoms with Crippen LogP contribution in [0.1, 0.15) is 10.5 Å².